The van der Waals surface area contributed by atoms with Gasteiger partial charge in [0.15, 0.2) is 0 Å². The van der Waals surface area contributed by atoms with Gasteiger partial charge in [-0.05, 0) is 69.5 Å². The molecule has 1 aromatic carbocycles. The summed E-state index contributed by atoms with van der Waals surface area (Å²) in [4.78, 5) is 2.82. The molecule has 0 aliphatic rings. The van der Waals surface area contributed by atoms with E-state index in [1.165, 1.54) is 37.6 Å². The van der Waals surface area contributed by atoms with E-state index in [4.69, 9.17) is 0 Å². The van der Waals surface area contributed by atoms with Crippen molar-refractivity contribution in [3.05, 3.63) is 55.8 Å². The fourth-order valence-corrected chi connectivity index (χ4v) is 4.12. The maximum Gasteiger partial charge on any atom is 0.0592 e. The average molecular weight is 287 g/mol. The van der Waals surface area contributed by atoms with Crippen LogP contribution in [0, 0.1) is 34.6 Å². The zero-order valence-corrected chi connectivity index (χ0v) is 14.2. The summed E-state index contributed by atoms with van der Waals surface area (Å²) in [6.45, 7) is 14.2. The van der Waals surface area contributed by atoms with Gasteiger partial charge in [0, 0.05) is 9.75 Å². The van der Waals surface area contributed by atoms with Crippen LogP contribution in [0.15, 0.2) is 18.2 Å². The van der Waals surface area contributed by atoms with E-state index in [9.17, 15) is 0 Å². The van der Waals surface area contributed by atoms with Crippen LogP contribution in [-0.2, 0) is 0 Å². The summed E-state index contributed by atoms with van der Waals surface area (Å²) in [5, 5.41) is 3.68. The number of rotatable bonds is 4. The van der Waals surface area contributed by atoms with Gasteiger partial charge in [0.1, 0.15) is 0 Å². The van der Waals surface area contributed by atoms with Crippen molar-refractivity contribution in [1.82, 2.24) is 5.32 Å². The Balaban J connectivity index is 2.57. The van der Waals surface area contributed by atoms with E-state index in [2.05, 4.69) is 65.1 Å². The van der Waals surface area contributed by atoms with Gasteiger partial charge in [-0.25, -0.2) is 0 Å². The second-order valence-electron chi connectivity index (χ2n) is 5.67. The third-order valence-corrected chi connectivity index (χ3v) is 4.81. The largest absolute Gasteiger partial charge is 0.306 e. The molecule has 0 aliphatic carbocycles. The van der Waals surface area contributed by atoms with E-state index >= 15 is 0 Å². The minimum absolute atomic E-state index is 0.311. The van der Waals surface area contributed by atoms with Crippen molar-refractivity contribution in [3.8, 4) is 0 Å². The van der Waals surface area contributed by atoms with Crippen LogP contribution in [0.4, 0.5) is 0 Å². The molecule has 1 nitrogen and oxygen atoms in total. The lowest BCUT2D eigenvalue weighted by atomic mass is 9.90. The molecule has 1 atom stereocenters. The molecule has 20 heavy (non-hydrogen) atoms. The number of benzene rings is 1. The third kappa shape index (κ3) is 2.97. The summed E-state index contributed by atoms with van der Waals surface area (Å²) in [6, 6.07) is 7.24. The molecular weight excluding hydrogens is 262 g/mol. The summed E-state index contributed by atoms with van der Waals surface area (Å²) >= 11 is 1.89. The van der Waals surface area contributed by atoms with Crippen molar-refractivity contribution >= 4 is 11.3 Å². The van der Waals surface area contributed by atoms with E-state index in [1.54, 1.807) is 0 Å². The summed E-state index contributed by atoms with van der Waals surface area (Å²) in [5.74, 6) is 0. The SMILES string of the molecule is CCNC(c1cc(C)sc1C)c1c(C)cc(C)cc1C. The van der Waals surface area contributed by atoms with E-state index in [0.717, 1.165) is 6.54 Å². The molecule has 108 valence electrons. The Labute approximate surface area is 127 Å². The van der Waals surface area contributed by atoms with Crippen LogP contribution in [0.25, 0.3) is 0 Å². The lowest BCUT2D eigenvalue weighted by Crippen LogP contribution is -2.24. The van der Waals surface area contributed by atoms with Gasteiger partial charge in [-0.1, -0.05) is 24.6 Å². The van der Waals surface area contributed by atoms with Gasteiger partial charge in [-0.3, -0.25) is 0 Å². The topological polar surface area (TPSA) is 12.0 Å². The highest BCUT2D eigenvalue weighted by atomic mass is 32.1. The number of aryl methyl sites for hydroxylation is 5. The van der Waals surface area contributed by atoms with Crippen molar-refractivity contribution in [2.75, 3.05) is 6.54 Å². The molecule has 0 saturated heterocycles. The Hall–Kier alpha value is -1.12. The quantitative estimate of drug-likeness (QED) is 0.835. The van der Waals surface area contributed by atoms with Gasteiger partial charge in [0.05, 0.1) is 6.04 Å². The van der Waals surface area contributed by atoms with Gasteiger partial charge in [0.25, 0.3) is 0 Å². The lowest BCUT2D eigenvalue weighted by molar-refractivity contribution is 0.623. The van der Waals surface area contributed by atoms with Gasteiger partial charge >= 0.3 is 0 Å². The molecule has 1 N–H and O–H groups in total. The van der Waals surface area contributed by atoms with Crippen LogP contribution in [0.5, 0.6) is 0 Å². The highest BCUT2D eigenvalue weighted by molar-refractivity contribution is 7.12. The van der Waals surface area contributed by atoms with Crippen LogP contribution in [0.3, 0.4) is 0 Å². The van der Waals surface area contributed by atoms with E-state index < -0.39 is 0 Å². The Morgan fingerprint density at radius 3 is 2.05 bits per heavy atom. The van der Waals surface area contributed by atoms with E-state index in [1.807, 2.05) is 11.3 Å². The first-order valence-electron chi connectivity index (χ1n) is 7.32. The molecule has 1 aromatic heterocycles. The molecule has 0 bridgehead atoms. The number of hydrogen-bond acceptors (Lipinski definition) is 2. The predicted octanol–water partition coefficient (Wildman–Crippen LogP) is 4.99. The summed E-state index contributed by atoms with van der Waals surface area (Å²) in [7, 11) is 0. The first kappa shape index (κ1) is 15.3. The normalized spacial score (nSPS) is 12.7. The Morgan fingerprint density at radius 1 is 1.00 bits per heavy atom. The maximum absolute atomic E-state index is 3.68. The number of hydrogen-bond donors (Lipinski definition) is 1. The monoisotopic (exact) mass is 287 g/mol. The average Bonchev–Trinajstić information content (AvgIpc) is 2.66. The smallest absolute Gasteiger partial charge is 0.0592 e. The second kappa shape index (κ2) is 6.11. The van der Waals surface area contributed by atoms with Crippen LogP contribution < -0.4 is 5.32 Å². The molecule has 0 fully saturated rings. The van der Waals surface area contributed by atoms with Crippen molar-refractivity contribution in [2.24, 2.45) is 0 Å². The van der Waals surface area contributed by atoms with Crippen molar-refractivity contribution in [2.45, 2.75) is 47.6 Å². The molecule has 0 spiro atoms. The highest BCUT2D eigenvalue weighted by Crippen LogP contribution is 2.34. The highest BCUT2D eigenvalue weighted by Gasteiger charge is 2.20. The fraction of sp³-hybridized carbons (Fsp3) is 0.444. The van der Waals surface area contributed by atoms with Gasteiger partial charge in [-0.15, -0.1) is 11.3 Å². The molecule has 0 radical (unpaired) electrons. The zero-order chi connectivity index (χ0) is 14.9. The molecule has 1 unspecified atom stereocenters. The maximum atomic E-state index is 3.68. The van der Waals surface area contributed by atoms with E-state index in [0.29, 0.717) is 6.04 Å². The Bertz CT molecular complexity index is 587. The van der Waals surface area contributed by atoms with Crippen LogP contribution >= 0.6 is 11.3 Å². The fourth-order valence-electron chi connectivity index (χ4n) is 3.16. The summed E-state index contributed by atoms with van der Waals surface area (Å²) in [6.07, 6.45) is 0. The summed E-state index contributed by atoms with van der Waals surface area (Å²) < 4.78 is 0. The molecule has 0 aliphatic heterocycles. The van der Waals surface area contributed by atoms with Gasteiger partial charge < -0.3 is 5.32 Å². The lowest BCUT2D eigenvalue weighted by Gasteiger charge is -2.23. The van der Waals surface area contributed by atoms with Gasteiger partial charge in [0.2, 0.25) is 0 Å². The Morgan fingerprint density at radius 2 is 1.60 bits per heavy atom. The zero-order valence-electron chi connectivity index (χ0n) is 13.4. The molecule has 1 heterocycles. The minimum atomic E-state index is 0.311. The van der Waals surface area contributed by atoms with Crippen LogP contribution in [0.2, 0.25) is 0 Å². The first-order valence-corrected chi connectivity index (χ1v) is 8.13. The molecule has 2 rings (SSSR count). The van der Waals surface area contributed by atoms with E-state index in [-0.39, 0.29) is 0 Å². The number of thiophene rings is 1. The molecule has 0 saturated carbocycles. The van der Waals surface area contributed by atoms with Crippen molar-refractivity contribution < 1.29 is 0 Å². The predicted molar refractivity (Wildman–Crippen MR) is 90.0 cm³/mol. The van der Waals surface area contributed by atoms with Crippen LogP contribution in [0.1, 0.15) is 50.5 Å². The second-order valence-corrected chi connectivity index (χ2v) is 7.13. The molecule has 2 aromatic rings. The van der Waals surface area contributed by atoms with Gasteiger partial charge in [-0.2, -0.15) is 0 Å². The van der Waals surface area contributed by atoms with Crippen molar-refractivity contribution in [3.63, 3.8) is 0 Å². The summed E-state index contributed by atoms with van der Waals surface area (Å²) in [5.41, 5.74) is 6.99. The minimum Gasteiger partial charge on any atom is -0.306 e. The number of nitrogens with one attached hydrogen (secondary N) is 1. The van der Waals surface area contributed by atoms with Crippen LogP contribution in [-0.4, -0.2) is 6.54 Å². The van der Waals surface area contributed by atoms with Crippen molar-refractivity contribution in [1.29, 1.82) is 0 Å². The Kier molecular flexibility index (Phi) is 4.66. The molecule has 2 heteroatoms. The molecule has 0 amide bonds. The standard InChI is InChI=1S/C18H25NS/c1-7-19-18(16-10-14(5)20-15(16)6)17-12(3)8-11(2)9-13(17)4/h8-10,18-19H,7H2,1-6H3. The third-order valence-electron chi connectivity index (χ3n) is 3.83. The first-order chi connectivity index (χ1) is 9.43. The molecular formula is C18H25NS.